The van der Waals surface area contributed by atoms with Crippen molar-refractivity contribution in [3.63, 3.8) is 0 Å². The lowest BCUT2D eigenvalue weighted by Gasteiger charge is -2.24. The number of hydrogen-bond acceptors (Lipinski definition) is 3. The predicted octanol–water partition coefficient (Wildman–Crippen LogP) is 2.43. The Morgan fingerprint density at radius 1 is 1.38 bits per heavy atom. The minimum Gasteiger partial charge on any atom is -0.494 e. The quantitative estimate of drug-likeness (QED) is 0.750. The molecule has 1 aromatic rings. The molecule has 0 aromatic heterocycles. The number of halogens is 1. The number of rotatable bonds is 8. The molecule has 2 N–H and O–H groups in total. The first-order valence-corrected chi connectivity index (χ1v) is 7.34. The van der Waals surface area contributed by atoms with Gasteiger partial charge in [-0.05, 0) is 36.6 Å². The molecule has 2 atom stereocenters. The van der Waals surface area contributed by atoms with E-state index in [2.05, 4.69) is 0 Å². The molecule has 5 heteroatoms. The SMILES string of the molecule is CCC(C)C(N)C(=O)N(C)CCCOc1ccc(F)cc1. The zero-order valence-corrected chi connectivity index (χ0v) is 13.0. The summed E-state index contributed by atoms with van der Waals surface area (Å²) in [6.45, 7) is 5.06. The Bertz CT molecular complexity index is 436. The lowest BCUT2D eigenvalue weighted by molar-refractivity contribution is -0.132. The maximum absolute atomic E-state index is 12.7. The van der Waals surface area contributed by atoms with Gasteiger partial charge < -0.3 is 15.4 Å². The summed E-state index contributed by atoms with van der Waals surface area (Å²) in [5, 5.41) is 0. The first-order chi connectivity index (χ1) is 9.95. The lowest BCUT2D eigenvalue weighted by atomic mass is 9.99. The van der Waals surface area contributed by atoms with E-state index in [1.165, 1.54) is 12.1 Å². The maximum Gasteiger partial charge on any atom is 0.239 e. The summed E-state index contributed by atoms with van der Waals surface area (Å²) in [4.78, 5) is 13.7. The number of carbonyl (C=O) groups is 1. The lowest BCUT2D eigenvalue weighted by Crippen LogP contribution is -2.45. The Morgan fingerprint density at radius 3 is 2.57 bits per heavy atom. The van der Waals surface area contributed by atoms with Crippen LogP contribution in [-0.2, 0) is 4.79 Å². The molecule has 1 rings (SSSR count). The molecule has 0 aliphatic carbocycles. The first kappa shape index (κ1) is 17.4. The van der Waals surface area contributed by atoms with E-state index >= 15 is 0 Å². The first-order valence-electron chi connectivity index (χ1n) is 7.34. The van der Waals surface area contributed by atoms with Gasteiger partial charge in [0.1, 0.15) is 11.6 Å². The molecule has 4 nitrogen and oxygen atoms in total. The highest BCUT2D eigenvalue weighted by Gasteiger charge is 2.22. The number of nitrogens with zero attached hydrogens (tertiary/aromatic N) is 1. The van der Waals surface area contributed by atoms with Gasteiger partial charge in [-0.15, -0.1) is 0 Å². The van der Waals surface area contributed by atoms with Crippen molar-refractivity contribution in [1.82, 2.24) is 4.90 Å². The molecule has 1 aromatic carbocycles. The van der Waals surface area contributed by atoms with Crippen LogP contribution in [0, 0.1) is 11.7 Å². The molecule has 0 aliphatic rings. The highest BCUT2D eigenvalue weighted by molar-refractivity contribution is 5.81. The van der Waals surface area contributed by atoms with Gasteiger partial charge >= 0.3 is 0 Å². The van der Waals surface area contributed by atoms with Crippen molar-refractivity contribution in [2.45, 2.75) is 32.7 Å². The van der Waals surface area contributed by atoms with Crippen LogP contribution < -0.4 is 10.5 Å². The third-order valence-corrected chi connectivity index (χ3v) is 3.64. The van der Waals surface area contributed by atoms with Gasteiger partial charge in [-0.3, -0.25) is 4.79 Å². The van der Waals surface area contributed by atoms with Crippen LogP contribution in [0.3, 0.4) is 0 Å². The summed E-state index contributed by atoms with van der Waals surface area (Å²) in [5.41, 5.74) is 5.92. The molecule has 0 saturated carbocycles. The fourth-order valence-electron chi connectivity index (χ4n) is 1.88. The van der Waals surface area contributed by atoms with E-state index in [-0.39, 0.29) is 17.6 Å². The van der Waals surface area contributed by atoms with Crippen molar-refractivity contribution in [1.29, 1.82) is 0 Å². The van der Waals surface area contributed by atoms with E-state index in [0.29, 0.717) is 25.3 Å². The molecule has 2 unspecified atom stereocenters. The third kappa shape index (κ3) is 5.71. The molecular weight excluding hydrogens is 271 g/mol. The van der Waals surface area contributed by atoms with Gasteiger partial charge in [-0.2, -0.15) is 0 Å². The highest BCUT2D eigenvalue weighted by Crippen LogP contribution is 2.11. The molecule has 21 heavy (non-hydrogen) atoms. The van der Waals surface area contributed by atoms with Gasteiger partial charge in [0.05, 0.1) is 12.6 Å². The maximum atomic E-state index is 12.7. The number of amides is 1. The van der Waals surface area contributed by atoms with Crippen molar-refractivity contribution < 1.29 is 13.9 Å². The van der Waals surface area contributed by atoms with Gasteiger partial charge in [0, 0.05) is 13.6 Å². The predicted molar refractivity (Wildman–Crippen MR) is 81.6 cm³/mol. The van der Waals surface area contributed by atoms with E-state index in [9.17, 15) is 9.18 Å². The van der Waals surface area contributed by atoms with Crippen LogP contribution in [0.25, 0.3) is 0 Å². The fraction of sp³-hybridized carbons (Fsp3) is 0.562. The molecule has 1 amide bonds. The number of likely N-dealkylation sites (N-methyl/N-ethyl adjacent to an activating group) is 1. The van der Waals surface area contributed by atoms with Gasteiger partial charge in [0.25, 0.3) is 0 Å². The van der Waals surface area contributed by atoms with Gasteiger partial charge in [-0.25, -0.2) is 4.39 Å². The Morgan fingerprint density at radius 2 is 2.00 bits per heavy atom. The zero-order chi connectivity index (χ0) is 15.8. The summed E-state index contributed by atoms with van der Waals surface area (Å²) in [5.74, 6) is 0.481. The van der Waals surface area contributed by atoms with Crippen molar-refractivity contribution in [3.8, 4) is 5.75 Å². The molecular formula is C16H25FN2O2. The van der Waals surface area contributed by atoms with E-state index < -0.39 is 6.04 Å². The van der Waals surface area contributed by atoms with Crippen LogP contribution in [0.5, 0.6) is 5.75 Å². The fourth-order valence-corrected chi connectivity index (χ4v) is 1.88. The number of nitrogens with two attached hydrogens (primary N) is 1. The van der Waals surface area contributed by atoms with Crippen molar-refractivity contribution >= 4 is 5.91 Å². The van der Waals surface area contributed by atoms with Crippen molar-refractivity contribution in [2.24, 2.45) is 11.7 Å². The molecule has 0 aliphatic heterocycles. The van der Waals surface area contributed by atoms with E-state index in [1.807, 2.05) is 13.8 Å². The summed E-state index contributed by atoms with van der Waals surface area (Å²) >= 11 is 0. The Labute approximate surface area is 126 Å². The van der Waals surface area contributed by atoms with E-state index in [0.717, 1.165) is 6.42 Å². The van der Waals surface area contributed by atoms with Crippen LogP contribution in [-0.4, -0.2) is 37.0 Å². The van der Waals surface area contributed by atoms with E-state index in [4.69, 9.17) is 10.5 Å². The molecule has 0 radical (unpaired) electrons. The molecule has 0 bridgehead atoms. The Balaban J connectivity index is 2.28. The van der Waals surface area contributed by atoms with Crippen molar-refractivity contribution in [2.75, 3.05) is 20.2 Å². The summed E-state index contributed by atoms with van der Waals surface area (Å²) in [6.07, 6.45) is 1.58. The average molecular weight is 296 g/mol. The van der Waals surface area contributed by atoms with Crippen LogP contribution in [0.15, 0.2) is 24.3 Å². The molecule has 0 fully saturated rings. The number of hydrogen-bond donors (Lipinski definition) is 1. The Hall–Kier alpha value is -1.62. The van der Waals surface area contributed by atoms with Gasteiger partial charge in [0.2, 0.25) is 5.91 Å². The molecule has 0 spiro atoms. The van der Waals surface area contributed by atoms with Crippen LogP contribution >= 0.6 is 0 Å². The topological polar surface area (TPSA) is 55.6 Å². The summed E-state index contributed by atoms with van der Waals surface area (Å²) in [7, 11) is 1.75. The van der Waals surface area contributed by atoms with Crippen LogP contribution in [0.4, 0.5) is 4.39 Å². The van der Waals surface area contributed by atoms with Crippen molar-refractivity contribution in [3.05, 3.63) is 30.1 Å². The monoisotopic (exact) mass is 296 g/mol. The summed E-state index contributed by atoms with van der Waals surface area (Å²) in [6, 6.07) is 5.44. The minimum atomic E-state index is -0.446. The van der Waals surface area contributed by atoms with E-state index in [1.54, 1.807) is 24.1 Å². The second-order valence-electron chi connectivity index (χ2n) is 5.33. The standard InChI is InChI=1S/C16H25FN2O2/c1-4-12(2)15(18)16(20)19(3)10-5-11-21-14-8-6-13(17)7-9-14/h6-9,12,15H,4-5,10-11,18H2,1-3H3. The van der Waals surface area contributed by atoms with Crippen LogP contribution in [0.2, 0.25) is 0 Å². The summed E-state index contributed by atoms with van der Waals surface area (Å²) < 4.78 is 18.2. The molecule has 0 saturated heterocycles. The number of benzene rings is 1. The molecule has 118 valence electrons. The second-order valence-corrected chi connectivity index (χ2v) is 5.33. The average Bonchev–Trinajstić information content (AvgIpc) is 2.50. The highest BCUT2D eigenvalue weighted by atomic mass is 19.1. The number of ether oxygens (including phenoxy) is 1. The molecule has 0 heterocycles. The Kier molecular flexibility index (Phi) is 7.15. The zero-order valence-electron chi connectivity index (χ0n) is 13.0. The smallest absolute Gasteiger partial charge is 0.239 e. The second kappa shape index (κ2) is 8.62. The third-order valence-electron chi connectivity index (χ3n) is 3.64. The van der Waals surface area contributed by atoms with Gasteiger partial charge in [0.15, 0.2) is 0 Å². The van der Waals surface area contributed by atoms with Gasteiger partial charge in [-0.1, -0.05) is 20.3 Å². The largest absolute Gasteiger partial charge is 0.494 e. The minimum absolute atomic E-state index is 0.0360. The normalized spacial score (nSPS) is 13.6. The number of carbonyl (C=O) groups excluding carboxylic acids is 1. The van der Waals surface area contributed by atoms with Crippen LogP contribution in [0.1, 0.15) is 26.7 Å².